The van der Waals surface area contributed by atoms with Crippen molar-refractivity contribution in [1.82, 2.24) is 0 Å². The Kier molecular flexibility index (Phi) is 5.93. The fourth-order valence-electron chi connectivity index (χ4n) is 2.60. The minimum Gasteiger partial charge on any atom is -0.488 e. The lowest BCUT2D eigenvalue weighted by molar-refractivity contribution is 0.270. The highest BCUT2D eigenvalue weighted by Gasteiger charge is 2.05. The Morgan fingerprint density at radius 1 is 0.963 bits per heavy atom. The van der Waals surface area contributed by atoms with Crippen LogP contribution in [0.25, 0.3) is 0 Å². The van der Waals surface area contributed by atoms with Crippen LogP contribution in [0.15, 0.2) is 66.7 Å². The number of nitrogens with zero attached hydrogens (tertiary/aromatic N) is 1. The van der Waals surface area contributed by atoms with E-state index in [0.717, 1.165) is 28.3 Å². The van der Waals surface area contributed by atoms with Crippen molar-refractivity contribution >= 4 is 5.69 Å². The number of anilines is 1. The zero-order chi connectivity index (χ0) is 19.1. The monoisotopic (exact) mass is 360 g/mol. The molecule has 0 aliphatic carbocycles. The van der Waals surface area contributed by atoms with Crippen LogP contribution < -0.4 is 15.0 Å². The third-order valence-electron chi connectivity index (χ3n) is 3.95. The van der Waals surface area contributed by atoms with Crippen LogP contribution in [0.3, 0.4) is 0 Å². The molecule has 0 heterocycles. The Balaban J connectivity index is 1.69. The van der Waals surface area contributed by atoms with E-state index in [-0.39, 0.29) is 0 Å². The van der Waals surface area contributed by atoms with Crippen LogP contribution in [-0.2, 0) is 11.4 Å². The molecule has 3 aromatic carbocycles. The molecule has 0 unspecified atom stereocenters. The Labute approximate surface area is 158 Å². The van der Waals surface area contributed by atoms with Gasteiger partial charge in [-0.15, -0.1) is 0 Å². The van der Waals surface area contributed by atoms with Crippen molar-refractivity contribution in [3.8, 4) is 23.3 Å². The van der Waals surface area contributed by atoms with Gasteiger partial charge in [0, 0.05) is 0 Å². The summed E-state index contributed by atoms with van der Waals surface area (Å²) in [6.07, 6.45) is 0. The number of rotatable bonds is 7. The van der Waals surface area contributed by atoms with Gasteiger partial charge in [0.15, 0.2) is 0 Å². The standard InChI is InChI=1S/C22H20N2O3/c1-16-12-20(10-11-21(16)24-25-2)27-19-8-5-6-17(13-19)15-26-22-9-4-3-7-18(22)14-23/h3-13,24H,15H2,1-2H3. The molecule has 0 aliphatic heterocycles. The van der Waals surface area contributed by atoms with Gasteiger partial charge in [-0.2, -0.15) is 5.26 Å². The summed E-state index contributed by atoms with van der Waals surface area (Å²) in [7, 11) is 1.58. The largest absolute Gasteiger partial charge is 0.488 e. The lowest BCUT2D eigenvalue weighted by atomic mass is 10.2. The van der Waals surface area contributed by atoms with E-state index in [9.17, 15) is 0 Å². The van der Waals surface area contributed by atoms with Crippen LogP contribution in [0.4, 0.5) is 5.69 Å². The van der Waals surface area contributed by atoms with Gasteiger partial charge in [0.2, 0.25) is 0 Å². The average Bonchev–Trinajstić information content (AvgIpc) is 2.69. The van der Waals surface area contributed by atoms with Crippen molar-refractivity contribution in [3.05, 3.63) is 83.4 Å². The highest BCUT2D eigenvalue weighted by molar-refractivity contribution is 5.52. The molecule has 0 saturated heterocycles. The SMILES string of the molecule is CONc1ccc(Oc2cccc(COc3ccccc3C#N)c2)cc1C. The van der Waals surface area contributed by atoms with Gasteiger partial charge in [0.05, 0.1) is 18.4 Å². The number of nitriles is 1. The molecule has 0 bridgehead atoms. The summed E-state index contributed by atoms with van der Waals surface area (Å²) in [6.45, 7) is 2.33. The van der Waals surface area contributed by atoms with E-state index in [1.54, 1.807) is 19.2 Å². The first kappa shape index (κ1) is 18.3. The first-order chi connectivity index (χ1) is 13.2. The Hall–Kier alpha value is -3.49. The van der Waals surface area contributed by atoms with Crippen LogP contribution in [-0.4, -0.2) is 7.11 Å². The second kappa shape index (κ2) is 8.75. The summed E-state index contributed by atoms with van der Waals surface area (Å²) < 4.78 is 11.7. The molecule has 0 aromatic heterocycles. The minimum absolute atomic E-state index is 0.353. The first-order valence-corrected chi connectivity index (χ1v) is 8.48. The number of hydrogen-bond acceptors (Lipinski definition) is 5. The maximum atomic E-state index is 9.14. The predicted octanol–water partition coefficient (Wildman–Crippen LogP) is 5.21. The second-order valence-corrected chi connectivity index (χ2v) is 5.93. The van der Waals surface area contributed by atoms with Gasteiger partial charge >= 0.3 is 0 Å². The molecule has 5 heteroatoms. The van der Waals surface area contributed by atoms with E-state index >= 15 is 0 Å². The zero-order valence-electron chi connectivity index (χ0n) is 15.2. The first-order valence-electron chi connectivity index (χ1n) is 8.48. The summed E-state index contributed by atoms with van der Waals surface area (Å²) in [5.41, 5.74) is 6.20. The maximum absolute atomic E-state index is 9.14. The number of ether oxygens (including phenoxy) is 2. The molecule has 0 saturated carbocycles. The minimum atomic E-state index is 0.353. The number of para-hydroxylation sites is 1. The van der Waals surface area contributed by atoms with Crippen molar-refractivity contribution in [1.29, 1.82) is 5.26 Å². The highest BCUT2D eigenvalue weighted by Crippen LogP contribution is 2.27. The molecule has 3 aromatic rings. The van der Waals surface area contributed by atoms with Gasteiger partial charge < -0.3 is 9.47 Å². The number of hydrogen-bond donors (Lipinski definition) is 1. The van der Waals surface area contributed by atoms with E-state index in [0.29, 0.717) is 17.9 Å². The molecule has 5 nitrogen and oxygen atoms in total. The summed E-state index contributed by atoms with van der Waals surface area (Å²) >= 11 is 0. The second-order valence-electron chi connectivity index (χ2n) is 5.93. The van der Waals surface area contributed by atoms with Crippen molar-refractivity contribution in [2.45, 2.75) is 13.5 Å². The van der Waals surface area contributed by atoms with E-state index in [1.165, 1.54) is 0 Å². The molecule has 0 radical (unpaired) electrons. The summed E-state index contributed by atoms with van der Waals surface area (Å²) in [5, 5.41) is 9.14. The molecule has 1 N–H and O–H groups in total. The van der Waals surface area contributed by atoms with E-state index in [2.05, 4.69) is 11.5 Å². The third-order valence-corrected chi connectivity index (χ3v) is 3.95. The van der Waals surface area contributed by atoms with Crippen molar-refractivity contribution in [3.63, 3.8) is 0 Å². The van der Waals surface area contributed by atoms with Crippen molar-refractivity contribution < 1.29 is 14.3 Å². The quantitative estimate of drug-likeness (QED) is 0.586. The molecule has 0 atom stereocenters. The number of aryl methyl sites for hydroxylation is 1. The van der Waals surface area contributed by atoms with Crippen molar-refractivity contribution in [2.75, 3.05) is 12.6 Å². The molecular weight excluding hydrogens is 340 g/mol. The summed E-state index contributed by atoms with van der Waals surface area (Å²) in [6, 6.07) is 22.7. The molecule has 0 amide bonds. The van der Waals surface area contributed by atoms with Crippen LogP contribution in [0.2, 0.25) is 0 Å². The number of nitrogens with one attached hydrogen (secondary N) is 1. The van der Waals surface area contributed by atoms with Crippen LogP contribution in [0.1, 0.15) is 16.7 Å². The molecule has 0 fully saturated rings. The average molecular weight is 360 g/mol. The van der Waals surface area contributed by atoms with Gasteiger partial charge in [-0.05, 0) is 60.5 Å². The molecular formula is C22H20N2O3. The molecule has 136 valence electrons. The number of benzene rings is 3. The topological polar surface area (TPSA) is 63.5 Å². The van der Waals surface area contributed by atoms with Crippen LogP contribution in [0, 0.1) is 18.3 Å². The third kappa shape index (κ3) is 4.78. The zero-order valence-corrected chi connectivity index (χ0v) is 15.2. The van der Waals surface area contributed by atoms with E-state index in [1.807, 2.05) is 61.5 Å². The summed E-state index contributed by atoms with van der Waals surface area (Å²) in [5.74, 6) is 2.03. The van der Waals surface area contributed by atoms with E-state index in [4.69, 9.17) is 19.6 Å². The predicted molar refractivity (Wildman–Crippen MR) is 104 cm³/mol. The summed E-state index contributed by atoms with van der Waals surface area (Å²) in [4.78, 5) is 4.94. The van der Waals surface area contributed by atoms with Gasteiger partial charge in [0.1, 0.15) is 29.9 Å². The van der Waals surface area contributed by atoms with Gasteiger partial charge in [0.25, 0.3) is 0 Å². The lowest BCUT2D eigenvalue weighted by Gasteiger charge is -2.12. The lowest BCUT2D eigenvalue weighted by Crippen LogP contribution is -1.98. The molecule has 0 aliphatic rings. The normalized spacial score (nSPS) is 10.1. The van der Waals surface area contributed by atoms with Crippen LogP contribution >= 0.6 is 0 Å². The molecule has 27 heavy (non-hydrogen) atoms. The maximum Gasteiger partial charge on any atom is 0.137 e. The fourth-order valence-corrected chi connectivity index (χ4v) is 2.60. The molecule has 0 spiro atoms. The Morgan fingerprint density at radius 3 is 2.56 bits per heavy atom. The smallest absolute Gasteiger partial charge is 0.137 e. The fraction of sp³-hybridized carbons (Fsp3) is 0.136. The van der Waals surface area contributed by atoms with Crippen LogP contribution in [0.5, 0.6) is 17.2 Å². The van der Waals surface area contributed by atoms with Gasteiger partial charge in [-0.3, -0.25) is 10.3 Å². The van der Waals surface area contributed by atoms with Crippen molar-refractivity contribution in [2.24, 2.45) is 0 Å². The molecule has 3 rings (SSSR count). The Morgan fingerprint density at radius 2 is 1.78 bits per heavy atom. The Bertz CT molecular complexity index is 964. The van der Waals surface area contributed by atoms with Gasteiger partial charge in [-0.25, -0.2) is 0 Å². The van der Waals surface area contributed by atoms with E-state index < -0.39 is 0 Å². The van der Waals surface area contributed by atoms with Gasteiger partial charge in [-0.1, -0.05) is 24.3 Å². The highest BCUT2D eigenvalue weighted by atomic mass is 16.6.